The van der Waals surface area contributed by atoms with Crippen molar-refractivity contribution in [2.24, 2.45) is 0 Å². The van der Waals surface area contributed by atoms with Gasteiger partial charge in [0.25, 0.3) is 0 Å². The fraction of sp³-hybridized carbons (Fsp3) is 0.429. The number of aromatic nitrogens is 2. The predicted octanol–water partition coefficient (Wildman–Crippen LogP) is 3.20. The molecule has 0 aliphatic heterocycles. The van der Waals surface area contributed by atoms with E-state index in [-0.39, 0.29) is 12.2 Å². The van der Waals surface area contributed by atoms with Crippen LogP contribution >= 0.6 is 0 Å². The number of hydrogen-bond acceptors (Lipinski definition) is 4. The second kappa shape index (κ2) is 5.21. The van der Waals surface area contributed by atoms with Crippen LogP contribution in [0.2, 0.25) is 0 Å². The number of nitrogens with zero attached hydrogens (tertiary/aromatic N) is 2. The molecule has 0 radical (unpaired) electrons. The van der Waals surface area contributed by atoms with Gasteiger partial charge in [0, 0.05) is 0 Å². The maximum absolute atomic E-state index is 5.72. The van der Waals surface area contributed by atoms with Gasteiger partial charge in [0.05, 0.1) is 23.1 Å². The maximum atomic E-state index is 5.72. The average molecular weight is 246 g/mol. The van der Waals surface area contributed by atoms with E-state index in [1.807, 2.05) is 52.0 Å². The molecule has 0 N–H and O–H groups in total. The molecule has 1 heterocycles. The summed E-state index contributed by atoms with van der Waals surface area (Å²) in [6.45, 7) is 7.84. The van der Waals surface area contributed by atoms with Crippen LogP contribution in [-0.4, -0.2) is 22.2 Å². The molecule has 0 atom stereocenters. The van der Waals surface area contributed by atoms with Crippen molar-refractivity contribution >= 4 is 10.9 Å². The zero-order valence-electron chi connectivity index (χ0n) is 11.2. The summed E-state index contributed by atoms with van der Waals surface area (Å²) in [7, 11) is 0. The van der Waals surface area contributed by atoms with E-state index in [4.69, 9.17) is 9.47 Å². The first kappa shape index (κ1) is 12.6. The Labute approximate surface area is 107 Å². The summed E-state index contributed by atoms with van der Waals surface area (Å²) in [5.74, 6) is 0.575. The van der Waals surface area contributed by atoms with Gasteiger partial charge in [-0.1, -0.05) is 12.1 Å². The lowest BCUT2D eigenvalue weighted by Gasteiger charge is -2.13. The Kier molecular flexibility index (Phi) is 3.65. The number of fused-ring (bicyclic) bond motifs is 1. The van der Waals surface area contributed by atoms with Gasteiger partial charge in [-0.15, -0.1) is 0 Å². The molecule has 0 saturated carbocycles. The molecule has 1 aromatic carbocycles. The minimum atomic E-state index is 0.0399. The topological polar surface area (TPSA) is 44.2 Å². The summed E-state index contributed by atoms with van der Waals surface area (Å²) >= 11 is 0. The first-order valence-corrected chi connectivity index (χ1v) is 6.16. The van der Waals surface area contributed by atoms with Crippen molar-refractivity contribution in [2.45, 2.75) is 39.9 Å². The molecule has 0 aliphatic rings. The van der Waals surface area contributed by atoms with Crippen molar-refractivity contribution in [3.8, 4) is 11.9 Å². The molecule has 2 aromatic rings. The van der Waals surface area contributed by atoms with Crippen molar-refractivity contribution in [2.75, 3.05) is 0 Å². The highest BCUT2D eigenvalue weighted by molar-refractivity contribution is 5.83. The largest absolute Gasteiger partial charge is 0.474 e. The number of ether oxygens (including phenoxy) is 2. The zero-order chi connectivity index (χ0) is 13.1. The zero-order valence-corrected chi connectivity index (χ0v) is 11.2. The van der Waals surface area contributed by atoms with Gasteiger partial charge in [0.2, 0.25) is 5.88 Å². The molecule has 96 valence electrons. The van der Waals surface area contributed by atoms with Gasteiger partial charge in [-0.3, -0.25) is 0 Å². The van der Waals surface area contributed by atoms with Gasteiger partial charge in [-0.05, 0) is 39.8 Å². The number of benzene rings is 1. The fourth-order valence-corrected chi connectivity index (χ4v) is 1.60. The second-order valence-corrected chi connectivity index (χ2v) is 4.66. The minimum absolute atomic E-state index is 0.0399. The van der Waals surface area contributed by atoms with Gasteiger partial charge in [0.15, 0.2) is 0 Å². The van der Waals surface area contributed by atoms with E-state index < -0.39 is 0 Å². The lowest BCUT2D eigenvalue weighted by Crippen LogP contribution is -2.11. The van der Waals surface area contributed by atoms with E-state index in [1.165, 1.54) is 0 Å². The van der Waals surface area contributed by atoms with E-state index in [9.17, 15) is 0 Å². The maximum Gasteiger partial charge on any atom is 0.320 e. The lowest BCUT2D eigenvalue weighted by atomic mass is 10.2. The summed E-state index contributed by atoms with van der Waals surface area (Å²) < 4.78 is 11.3. The molecular weight excluding hydrogens is 228 g/mol. The Balaban J connectivity index is 2.49. The summed E-state index contributed by atoms with van der Waals surface area (Å²) in [6, 6.07) is 8.12. The first-order chi connectivity index (χ1) is 8.56. The van der Waals surface area contributed by atoms with E-state index in [1.54, 1.807) is 0 Å². The Bertz CT molecular complexity index is 538. The van der Waals surface area contributed by atoms with Crippen LogP contribution < -0.4 is 9.47 Å². The Hall–Kier alpha value is -1.84. The van der Waals surface area contributed by atoms with Crippen molar-refractivity contribution in [1.82, 2.24) is 9.97 Å². The van der Waals surface area contributed by atoms with Crippen LogP contribution in [0.5, 0.6) is 11.9 Å². The van der Waals surface area contributed by atoms with E-state index >= 15 is 0 Å². The van der Waals surface area contributed by atoms with Crippen molar-refractivity contribution in [1.29, 1.82) is 0 Å². The van der Waals surface area contributed by atoms with Crippen LogP contribution in [0.15, 0.2) is 24.3 Å². The minimum Gasteiger partial charge on any atom is -0.474 e. The third-order valence-corrected chi connectivity index (χ3v) is 2.24. The summed E-state index contributed by atoms with van der Waals surface area (Å²) in [5.41, 5.74) is 0.832. The molecular formula is C14H18N2O2. The van der Waals surface area contributed by atoms with Crippen LogP contribution in [-0.2, 0) is 0 Å². The molecule has 0 aliphatic carbocycles. The quantitative estimate of drug-likeness (QED) is 0.831. The first-order valence-electron chi connectivity index (χ1n) is 6.16. The molecule has 18 heavy (non-hydrogen) atoms. The molecule has 0 amide bonds. The average Bonchev–Trinajstić information content (AvgIpc) is 2.27. The summed E-state index contributed by atoms with van der Waals surface area (Å²) in [4.78, 5) is 8.70. The van der Waals surface area contributed by atoms with Gasteiger partial charge in [0.1, 0.15) is 0 Å². The molecule has 4 nitrogen and oxygen atoms in total. The summed E-state index contributed by atoms with van der Waals surface area (Å²) in [6.07, 6.45) is 0.105. The molecule has 0 bridgehead atoms. The predicted molar refractivity (Wildman–Crippen MR) is 71.1 cm³/mol. The molecule has 0 saturated heterocycles. The van der Waals surface area contributed by atoms with Crippen LogP contribution in [0, 0.1) is 0 Å². The van der Waals surface area contributed by atoms with Gasteiger partial charge >= 0.3 is 6.01 Å². The monoisotopic (exact) mass is 246 g/mol. The molecule has 0 unspecified atom stereocenters. The van der Waals surface area contributed by atoms with Crippen molar-refractivity contribution in [3.05, 3.63) is 24.3 Å². The van der Waals surface area contributed by atoms with Crippen LogP contribution in [0.4, 0.5) is 0 Å². The highest BCUT2D eigenvalue weighted by atomic mass is 16.5. The second-order valence-electron chi connectivity index (χ2n) is 4.66. The van der Waals surface area contributed by atoms with Gasteiger partial charge in [-0.25, -0.2) is 0 Å². The molecule has 0 fully saturated rings. The Morgan fingerprint density at radius 1 is 0.889 bits per heavy atom. The van der Waals surface area contributed by atoms with E-state index in [0.717, 1.165) is 10.9 Å². The standard InChI is InChI=1S/C14H18N2O2/c1-9(2)17-13-11-7-5-6-8-12(11)15-14(16-13)18-10(3)4/h5-10H,1-4H3. The third-order valence-electron chi connectivity index (χ3n) is 2.24. The number of rotatable bonds is 4. The van der Waals surface area contributed by atoms with Gasteiger partial charge in [-0.2, -0.15) is 9.97 Å². The van der Waals surface area contributed by atoms with Crippen LogP contribution in [0.25, 0.3) is 10.9 Å². The normalized spacial score (nSPS) is 11.2. The van der Waals surface area contributed by atoms with E-state index in [0.29, 0.717) is 11.9 Å². The van der Waals surface area contributed by atoms with E-state index in [2.05, 4.69) is 9.97 Å². The van der Waals surface area contributed by atoms with Crippen molar-refractivity contribution in [3.63, 3.8) is 0 Å². The molecule has 2 rings (SSSR count). The van der Waals surface area contributed by atoms with Crippen LogP contribution in [0.3, 0.4) is 0 Å². The number of para-hydroxylation sites is 1. The highest BCUT2D eigenvalue weighted by Crippen LogP contribution is 2.25. The Morgan fingerprint density at radius 3 is 2.22 bits per heavy atom. The fourth-order valence-electron chi connectivity index (χ4n) is 1.60. The van der Waals surface area contributed by atoms with Crippen molar-refractivity contribution < 1.29 is 9.47 Å². The summed E-state index contributed by atoms with van der Waals surface area (Å²) in [5, 5.41) is 0.905. The van der Waals surface area contributed by atoms with Crippen LogP contribution in [0.1, 0.15) is 27.7 Å². The third kappa shape index (κ3) is 2.88. The Morgan fingerprint density at radius 2 is 1.56 bits per heavy atom. The number of hydrogen-bond donors (Lipinski definition) is 0. The molecule has 4 heteroatoms. The highest BCUT2D eigenvalue weighted by Gasteiger charge is 2.11. The molecule has 0 spiro atoms. The lowest BCUT2D eigenvalue weighted by molar-refractivity contribution is 0.206. The SMILES string of the molecule is CC(C)Oc1nc(OC(C)C)c2ccccc2n1. The van der Waals surface area contributed by atoms with Gasteiger partial charge < -0.3 is 9.47 Å². The smallest absolute Gasteiger partial charge is 0.320 e. The molecule has 1 aromatic heterocycles.